The molecule has 0 amide bonds. The molecule has 10 atom stereocenters. The molecule has 0 aromatic heterocycles. The summed E-state index contributed by atoms with van der Waals surface area (Å²) in [5, 5.41) is 91.5. The molecule has 4 rings (SSSR count). The first-order valence-corrected chi connectivity index (χ1v) is 12.9. The van der Waals surface area contributed by atoms with E-state index in [1.807, 2.05) is 0 Å². The normalized spacial score (nSPS) is 33.8. The second-order valence-corrected chi connectivity index (χ2v) is 10.0. The van der Waals surface area contributed by atoms with Crippen LogP contribution in [0.1, 0.15) is 29.3 Å². The van der Waals surface area contributed by atoms with Crippen molar-refractivity contribution < 1.29 is 69.7 Å². The Bertz CT molecular complexity index is 1170. The number of Topliss-reactive ketones (excluding diaryl/α,β-unsaturated/α-hetero) is 1. The summed E-state index contributed by atoms with van der Waals surface area (Å²) in [6, 6.07) is 8.22. The van der Waals surface area contributed by atoms with Gasteiger partial charge < -0.3 is 64.9 Å². The Balaban J connectivity index is 1.52. The van der Waals surface area contributed by atoms with E-state index < -0.39 is 85.3 Å². The summed E-state index contributed by atoms with van der Waals surface area (Å²) in [4.78, 5) is 12.7. The number of aliphatic hydroxyl groups is 6. The van der Waals surface area contributed by atoms with E-state index in [0.717, 1.165) is 17.7 Å². The van der Waals surface area contributed by atoms with Crippen LogP contribution >= 0.6 is 0 Å². The van der Waals surface area contributed by atoms with E-state index in [9.17, 15) is 50.8 Å². The fourth-order valence-corrected chi connectivity index (χ4v) is 4.70. The van der Waals surface area contributed by atoms with Crippen LogP contribution in [-0.2, 0) is 20.6 Å². The van der Waals surface area contributed by atoms with Crippen molar-refractivity contribution in [3.8, 4) is 23.0 Å². The highest BCUT2D eigenvalue weighted by atomic mass is 16.8. The van der Waals surface area contributed by atoms with Crippen LogP contribution in [0, 0.1) is 0 Å². The van der Waals surface area contributed by atoms with Gasteiger partial charge in [-0.25, -0.2) is 0 Å². The maximum atomic E-state index is 12.7. The van der Waals surface area contributed by atoms with Gasteiger partial charge in [0, 0.05) is 18.6 Å². The highest BCUT2D eigenvalue weighted by Crippen LogP contribution is 2.36. The number of carbonyl (C=O) groups excluding carboxylic acids is 1. The molecule has 2 fully saturated rings. The number of carbonyl (C=O) groups is 1. The lowest BCUT2D eigenvalue weighted by Crippen LogP contribution is -2.64. The first-order valence-electron chi connectivity index (χ1n) is 12.9. The average molecular weight is 583 g/mol. The molecule has 0 radical (unpaired) electrons. The molecule has 14 nitrogen and oxygen atoms in total. The quantitative estimate of drug-likeness (QED) is 0.156. The lowest BCUT2D eigenvalue weighted by Gasteiger charge is -2.45. The zero-order chi connectivity index (χ0) is 30.0. The summed E-state index contributed by atoms with van der Waals surface area (Å²) in [7, 11) is 0. The van der Waals surface area contributed by atoms with Gasteiger partial charge in [0.05, 0.1) is 12.7 Å². The number of ether oxygens (including phenoxy) is 4. The maximum Gasteiger partial charge on any atom is 0.229 e. The molecule has 226 valence electrons. The minimum atomic E-state index is -1.77. The Morgan fingerprint density at radius 3 is 2.07 bits per heavy atom. The molecule has 0 bridgehead atoms. The van der Waals surface area contributed by atoms with Crippen molar-refractivity contribution in [2.75, 3.05) is 6.61 Å². The topological polar surface area (TPSA) is 236 Å². The van der Waals surface area contributed by atoms with Crippen molar-refractivity contribution >= 4 is 5.78 Å². The molecule has 2 aliphatic rings. The fraction of sp³-hybridized carbons (Fsp3) is 0.519. The summed E-state index contributed by atoms with van der Waals surface area (Å²) in [6.45, 7) is 0.675. The number of hydrogen-bond acceptors (Lipinski definition) is 14. The Kier molecular flexibility index (Phi) is 9.69. The lowest BCUT2D eigenvalue weighted by atomic mass is 9.97. The molecular weight excluding hydrogens is 548 g/mol. The van der Waals surface area contributed by atoms with E-state index in [0.29, 0.717) is 0 Å². The number of phenols is 3. The molecule has 14 heteroatoms. The van der Waals surface area contributed by atoms with Crippen LogP contribution in [0.25, 0.3) is 0 Å². The predicted molar refractivity (Wildman–Crippen MR) is 136 cm³/mol. The lowest BCUT2D eigenvalue weighted by molar-refractivity contribution is -0.354. The van der Waals surface area contributed by atoms with Crippen molar-refractivity contribution in [2.45, 2.75) is 81.2 Å². The van der Waals surface area contributed by atoms with Crippen molar-refractivity contribution in [3.05, 3.63) is 47.5 Å². The van der Waals surface area contributed by atoms with E-state index >= 15 is 0 Å². The first kappa shape index (κ1) is 30.9. The van der Waals surface area contributed by atoms with Crippen molar-refractivity contribution in [2.24, 2.45) is 0 Å². The number of phenolic OH excluding ortho intramolecular Hbond substituents is 3. The third kappa shape index (κ3) is 6.72. The zero-order valence-corrected chi connectivity index (χ0v) is 21.9. The number of aliphatic hydroxyl groups excluding tert-OH is 6. The highest BCUT2D eigenvalue weighted by Gasteiger charge is 2.51. The Morgan fingerprint density at radius 2 is 1.46 bits per heavy atom. The highest BCUT2D eigenvalue weighted by molar-refractivity contribution is 6.01. The van der Waals surface area contributed by atoms with Crippen molar-refractivity contribution in [3.63, 3.8) is 0 Å². The van der Waals surface area contributed by atoms with Crippen LogP contribution in [0.5, 0.6) is 23.0 Å². The van der Waals surface area contributed by atoms with Crippen LogP contribution in [0.2, 0.25) is 0 Å². The number of rotatable bonds is 9. The number of hydrogen-bond donors (Lipinski definition) is 9. The zero-order valence-electron chi connectivity index (χ0n) is 21.9. The van der Waals surface area contributed by atoms with E-state index in [1.165, 1.54) is 19.1 Å². The molecular formula is C27H34O14. The van der Waals surface area contributed by atoms with Gasteiger partial charge in [0.1, 0.15) is 65.2 Å². The van der Waals surface area contributed by atoms with Gasteiger partial charge in [0.15, 0.2) is 18.2 Å². The summed E-state index contributed by atoms with van der Waals surface area (Å²) in [5.74, 6) is -2.00. The van der Waals surface area contributed by atoms with Gasteiger partial charge >= 0.3 is 0 Å². The largest absolute Gasteiger partial charge is 0.508 e. The van der Waals surface area contributed by atoms with E-state index in [-0.39, 0.29) is 29.9 Å². The second-order valence-electron chi connectivity index (χ2n) is 10.0. The van der Waals surface area contributed by atoms with Gasteiger partial charge in [-0.3, -0.25) is 4.79 Å². The third-order valence-electron chi connectivity index (χ3n) is 7.10. The second kappa shape index (κ2) is 12.9. The number of aromatic hydroxyl groups is 3. The average Bonchev–Trinajstić information content (AvgIpc) is 2.93. The van der Waals surface area contributed by atoms with Crippen LogP contribution in [0.3, 0.4) is 0 Å². The molecule has 41 heavy (non-hydrogen) atoms. The number of aryl methyl sites for hydroxylation is 1. The van der Waals surface area contributed by atoms with Crippen LogP contribution in [-0.4, -0.2) is 120 Å². The van der Waals surface area contributed by atoms with Gasteiger partial charge in [-0.05, 0) is 31.0 Å². The van der Waals surface area contributed by atoms with Gasteiger partial charge in [0.2, 0.25) is 6.29 Å². The van der Waals surface area contributed by atoms with E-state index in [4.69, 9.17) is 18.9 Å². The maximum absolute atomic E-state index is 12.7. The fourth-order valence-electron chi connectivity index (χ4n) is 4.70. The molecule has 2 aromatic rings. The molecule has 2 saturated heterocycles. The Labute approximate surface area is 234 Å². The molecule has 2 aromatic carbocycles. The smallest absolute Gasteiger partial charge is 0.229 e. The van der Waals surface area contributed by atoms with Crippen molar-refractivity contribution in [1.29, 1.82) is 0 Å². The van der Waals surface area contributed by atoms with Gasteiger partial charge in [0.25, 0.3) is 0 Å². The van der Waals surface area contributed by atoms with Crippen molar-refractivity contribution in [1.82, 2.24) is 0 Å². The van der Waals surface area contributed by atoms with Crippen LogP contribution in [0.15, 0.2) is 36.4 Å². The molecule has 2 aliphatic heterocycles. The first-order chi connectivity index (χ1) is 19.4. The SMILES string of the molecule is C[C@@H]1O[C@@H](OC2[C@@H](Oc3cc(O)c(C(=O)CCc4ccc(O)cc4)c(O)c3)O[C@@H](CO)[C@H](O)[C@H]2O)[C@H](O)[C@H](O)[C@H]1O. The molecule has 9 N–H and O–H groups in total. The van der Waals surface area contributed by atoms with Crippen LogP contribution < -0.4 is 4.74 Å². The molecule has 0 spiro atoms. The Hall–Kier alpha value is -3.05. The standard InChI is InChI=1S/C27H34O14/c1-11-20(33)22(35)24(37)26(38-11)41-25-23(36)21(34)18(10-28)40-27(25)39-14-8-16(31)19(17(32)9-14)15(30)7-4-12-2-5-13(29)6-3-12/h2-3,5-6,8-9,11,18,20-29,31-37H,4,7,10H2,1H3/t11-,18-,20-,21-,22+,23+,24+,25?,26-,27-/m0/s1. The predicted octanol–water partition coefficient (Wildman–Crippen LogP) is -1.35. The van der Waals surface area contributed by atoms with Crippen LogP contribution in [0.4, 0.5) is 0 Å². The van der Waals surface area contributed by atoms with E-state index in [2.05, 4.69) is 0 Å². The van der Waals surface area contributed by atoms with Gasteiger partial charge in [-0.2, -0.15) is 0 Å². The molecule has 2 heterocycles. The molecule has 0 aliphatic carbocycles. The summed E-state index contributed by atoms with van der Waals surface area (Å²) < 4.78 is 22.2. The minimum Gasteiger partial charge on any atom is -0.508 e. The number of benzene rings is 2. The summed E-state index contributed by atoms with van der Waals surface area (Å²) in [5.41, 5.74) is 0.385. The minimum absolute atomic E-state index is 0.0706. The molecule has 1 unspecified atom stereocenters. The molecule has 0 saturated carbocycles. The summed E-state index contributed by atoms with van der Waals surface area (Å²) >= 11 is 0. The monoisotopic (exact) mass is 582 g/mol. The number of ketones is 1. The summed E-state index contributed by atoms with van der Waals surface area (Å²) in [6.07, 6.45) is -15.3. The van der Waals surface area contributed by atoms with E-state index in [1.54, 1.807) is 12.1 Å². The Morgan fingerprint density at radius 1 is 0.829 bits per heavy atom. The van der Waals surface area contributed by atoms with Gasteiger partial charge in [-0.15, -0.1) is 0 Å². The third-order valence-corrected chi connectivity index (χ3v) is 7.10. The van der Waals surface area contributed by atoms with Gasteiger partial charge in [-0.1, -0.05) is 12.1 Å².